The van der Waals surface area contributed by atoms with Gasteiger partial charge in [0.05, 0.1) is 5.56 Å². The van der Waals surface area contributed by atoms with Crippen LogP contribution in [0, 0.1) is 0 Å². The Morgan fingerprint density at radius 1 is 0.923 bits per heavy atom. The number of nitrogens with one attached hydrogen (secondary N) is 1. The maximum atomic E-state index is 11.0. The van der Waals surface area contributed by atoms with Crippen LogP contribution in [0.5, 0.6) is 0 Å². The van der Waals surface area contributed by atoms with E-state index < -0.39 is 5.97 Å². The van der Waals surface area contributed by atoms with Gasteiger partial charge in [-0.3, -0.25) is 0 Å². The minimum Gasteiger partial charge on any atom is -0.478 e. The van der Waals surface area contributed by atoms with Crippen LogP contribution in [0.1, 0.15) is 67.6 Å². The molecule has 2 aromatic carbocycles. The molecule has 0 saturated carbocycles. The van der Waals surface area contributed by atoms with Crippen LogP contribution in [0.25, 0.3) is 0 Å². The van der Waals surface area contributed by atoms with Crippen molar-refractivity contribution in [1.82, 2.24) is 0 Å². The van der Waals surface area contributed by atoms with Crippen LogP contribution in [0.2, 0.25) is 0 Å². The number of carbonyl (C=O) groups is 1. The van der Waals surface area contributed by atoms with Gasteiger partial charge in [-0.05, 0) is 59.1 Å². The number of rotatable bonds is 3. The Bertz CT molecular complexity index is 866. The third-order valence-electron chi connectivity index (χ3n) is 5.50. The molecule has 0 atom stereocenters. The Morgan fingerprint density at radius 3 is 2.04 bits per heavy atom. The molecule has 1 aliphatic rings. The number of benzene rings is 2. The number of carboxylic acid groups (broad SMARTS) is 1. The molecule has 0 aromatic heterocycles. The first-order valence-electron chi connectivity index (χ1n) is 8.90. The first-order valence-corrected chi connectivity index (χ1v) is 9.31. The fourth-order valence-corrected chi connectivity index (χ4v) is 3.89. The van der Waals surface area contributed by atoms with Crippen molar-refractivity contribution in [1.29, 1.82) is 0 Å². The summed E-state index contributed by atoms with van der Waals surface area (Å²) in [5, 5.41) is 12.3. The second-order valence-electron chi connectivity index (χ2n) is 8.36. The van der Waals surface area contributed by atoms with Crippen molar-refractivity contribution in [3.63, 3.8) is 0 Å². The van der Waals surface area contributed by atoms with Gasteiger partial charge in [-0.1, -0.05) is 58.1 Å². The maximum absolute atomic E-state index is 11.0. The van der Waals surface area contributed by atoms with Crippen molar-refractivity contribution in [2.45, 2.75) is 51.4 Å². The van der Waals surface area contributed by atoms with E-state index in [-0.39, 0.29) is 16.4 Å². The van der Waals surface area contributed by atoms with Crippen molar-refractivity contribution >= 4 is 28.9 Å². The van der Waals surface area contributed by atoms with Crippen LogP contribution in [0.4, 0.5) is 5.69 Å². The number of fused-ring (bicyclic) bond motifs is 1. The van der Waals surface area contributed by atoms with Gasteiger partial charge in [0, 0.05) is 11.3 Å². The lowest BCUT2D eigenvalue weighted by Crippen LogP contribution is -2.33. The molecule has 3 rings (SSSR count). The molecule has 0 fully saturated rings. The fourth-order valence-electron chi connectivity index (χ4n) is 3.63. The summed E-state index contributed by atoms with van der Waals surface area (Å²) in [6.45, 7) is 9.22. The van der Waals surface area contributed by atoms with Gasteiger partial charge < -0.3 is 10.4 Å². The second kappa shape index (κ2) is 6.51. The summed E-state index contributed by atoms with van der Waals surface area (Å²) in [4.78, 5) is 11.6. The van der Waals surface area contributed by atoms with Gasteiger partial charge >= 0.3 is 5.97 Å². The van der Waals surface area contributed by atoms with E-state index in [9.17, 15) is 4.79 Å². The molecule has 2 aromatic rings. The zero-order chi connectivity index (χ0) is 19.1. The van der Waals surface area contributed by atoms with Crippen LogP contribution in [0.3, 0.4) is 0 Å². The van der Waals surface area contributed by atoms with Gasteiger partial charge in [-0.25, -0.2) is 4.79 Å². The van der Waals surface area contributed by atoms with Gasteiger partial charge in [0.25, 0.3) is 0 Å². The summed E-state index contributed by atoms with van der Waals surface area (Å²) in [5.41, 5.74) is 5.17. The normalized spacial score (nSPS) is 17.2. The van der Waals surface area contributed by atoms with Crippen molar-refractivity contribution in [2.24, 2.45) is 0 Å². The van der Waals surface area contributed by atoms with E-state index in [1.807, 2.05) is 0 Å². The van der Waals surface area contributed by atoms with Gasteiger partial charge in [-0.2, -0.15) is 0 Å². The van der Waals surface area contributed by atoms with E-state index in [1.165, 1.54) is 17.5 Å². The van der Waals surface area contributed by atoms with E-state index in [0.29, 0.717) is 4.99 Å². The number of anilines is 1. The fraction of sp³-hybridized carbons (Fsp3) is 0.364. The number of hydrogen-bond donors (Lipinski definition) is 2. The maximum Gasteiger partial charge on any atom is 0.335 e. The minimum atomic E-state index is -0.935. The predicted octanol–water partition coefficient (Wildman–Crippen LogP) is 5.52. The highest BCUT2D eigenvalue weighted by atomic mass is 32.1. The van der Waals surface area contributed by atoms with Crippen LogP contribution in [-0.4, -0.2) is 16.1 Å². The molecule has 0 spiro atoms. The average molecular weight is 368 g/mol. The molecule has 136 valence electrons. The Hall–Kier alpha value is -2.20. The van der Waals surface area contributed by atoms with Gasteiger partial charge in [0.15, 0.2) is 0 Å². The molecule has 2 N–H and O–H groups in total. The van der Waals surface area contributed by atoms with Crippen molar-refractivity contribution in [3.8, 4) is 0 Å². The number of aromatic carboxylic acids is 1. The summed E-state index contributed by atoms with van der Waals surface area (Å²) in [7, 11) is 0. The summed E-state index contributed by atoms with van der Waals surface area (Å²) in [6, 6.07) is 13.1. The van der Waals surface area contributed by atoms with Gasteiger partial charge in [0.2, 0.25) is 0 Å². The number of thiocarbonyl (C=S) groups is 1. The first kappa shape index (κ1) is 18.6. The monoisotopic (exact) mass is 367 g/mol. The van der Waals surface area contributed by atoms with Crippen LogP contribution >= 0.6 is 12.2 Å². The number of carboxylic acids is 1. The van der Waals surface area contributed by atoms with E-state index in [4.69, 9.17) is 17.3 Å². The van der Waals surface area contributed by atoms with Crippen LogP contribution in [-0.2, 0) is 10.8 Å². The molecule has 0 amide bonds. The van der Waals surface area contributed by atoms with Crippen molar-refractivity contribution in [2.75, 3.05) is 5.32 Å². The summed E-state index contributed by atoms with van der Waals surface area (Å²) >= 11 is 5.51. The van der Waals surface area contributed by atoms with Gasteiger partial charge in [0.1, 0.15) is 4.99 Å². The average Bonchev–Trinajstić information content (AvgIpc) is 2.59. The molecule has 3 nitrogen and oxygen atoms in total. The zero-order valence-corrected chi connectivity index (χ0v) is 16.5. The Balaban J connectivity index is 1.87. The van der Waals surface area contributed by atoms with Crippen molar-refractivity contribution in [3.05, 3.63) is 64.7 Å². The standard InChI is InChI=1S/C22H25NO2S/c1-21(2)11-12-22(3,4)18-13-16(9-10-17(18)21)23-19(26)14-5-7-15(8-6-14)20(24)25/h5-10,13H,11-12H2,1-4H3,(H,23,26)(H,24,25). The second-order valence-corrected chi connectivity index (χ2v) is 8.77. The molecule has 1 aliphatic carbocycles. The number of hydrogen-bond acceptors (Lipinski definition) is 2. The smallest absolute Gasteiger partial charge is 0.335 e. The zero-order valence-electron chi connectivity index (χ0n) is 15.7. The molecule has 26 heavy (non-hydrogen) atoms. The van der Waals surface area contributed by atoms with Crippen molar-refractivity contribution < 1.29 is 9.90 Å². The van der Waals surface area contributed by atoms with E-state index in [1.54, 1.807) is 24.3 Å². The van der Waals surface area contributed by atoms with Crippen LogP contribution < -0.4 is 5.32 Å². The Labute approximate surface area is 160 Å². The predicted molar refractivity (Wildman–Crippen MR) is 110 cm³/mol. The molecule has 0 bridgehead atoms. The Morgan fingerprint density at radius 2 is 1.46 bits per heavy atom. The molecule has 0 radical (unpaired) electrons. The molecule has 0 unspecified atom stereocenters. The molecule has 0 heterocycles. The largest absolute Gasteiger partial charge is 0.478 e. The Kier molecular flexibility index (Phi) is 4.65. The van der Waals surface area contributed by atoms with E-state index in [0.717, 1.165) is 17.7 Å². The lowest BCUT2D eigenvalue weighted by molar-refractivity contribution is 0.0697. The third-order valence-corrected chi connectivity index (χ3v) is 5.84. The first-order chi connectivity index (χ1) is 12.1. The molecule has 0 aliphatic heterocycles. The lowest BCUT2D eigenvalue weighted by Gasteiger charge is -2.42. The van der Waals surface area contributed by atoms with Crippen LogP contribution in [0.15, 0.2) is 42.5 Å². The highest BCUT2D eigenvalue weighted by molar-refractivity contribution is 7.81. The molecule has 0 saturated heterocycles. The van der Waals surface area contributed by atoms with E-state index >= 15 is 0 Å². The molecular formula is C22H25NO2S. The molecular weight excluding hydrogens is 342 g/mol. The SMILES string of the molecule is CC1(C)CCC(C)(C)c2cc(NC(=S)c3ccc(C(=O)O)cc3)ccc21. The lowest BCUT2D eigenvalue weighted by atomic mass is 9.63. The third kappa shape index (κ3) is 3.51. The topological polar surface area (TPSA) is 49.3 Å². The van der Waals surface area contributed by atoms with Gasteiger partial charge in [-0.15, -0.1) is 0 Å². The highest BCUT2D eigenvalue weighted by Crippen LogP contribution is 2.46. The summed E-state index contributed by atoms with van der Waals surface area (Å²) in [5.74, 6) is -0.935. The molecule has 4 heteroatoms. The minimum absolute atomic E-state index is 0.146. The quantitative estimate of drug-likeness (QED) is 0.701. The summed E-state index contributed by atoms with van der Waals surface area (Å²) in [6.07, 6.45) is 2.35. The highest BCUT2D eigenvalue weighted by Gasteiger charge is 2.36. The summed E-state index contributed by atoms with van der Waals surface area (Å²) < 4.78 is 0. The van der Waals surface area contributed by atoms with E-state index in [2.05, 4.69) is 51.2 Å².